The summed E-state index contributed by atoms with van der Waals surface area (Å²) in [5, 5.41) is 0. The van der Waals surface area contributed by atoms with Gasteiger partial charge in [0.15, 0.2) is 12.4 Å². The predicted molar refractivity (Wildman–Crippen MR) is 119 cm³/mol. The third-order valence-corrected chi connectivity index (χ3v) is 9.77. The standard InChI is InChI=1S/C23H41N2O3Si/c1-26-29(27-2,28-3)20-10-17-24-18-15-23(16-19-24)25(21-11-6-4-7-12-21)22-13-8-5-9-14-22/h15-16,18-19,21-22H,4-14,17,20H2,1-3H3/q+1. The third kappa shape index (κ3) is 6.03. The van der Waals surface area contributed by atoms with E-state index in [0.717, 1.165) is 31.1 Å². The third-order valence-electron chi connectivity index (χ3n) is 6.94. The zero-order valence-corrected chi connectivity index (χ0v) is 19.8. The molecule has 1 aromatic heterocycles. The van der Waals surface area contributed by atoms with Crippen molar-refractivity contribution >= 4 is 14.5 Å². The number of aryl methyl sites for hydroxylation is 1. The van der Waals surface area contributed by atoms with Crippen molar-refractivity contribution in [2.75, 3.05) is 26.2 Å². The molecule has 0 saturated heterocycles. The molecule has 2 aliphatic rings. The van der Waals surface area contributed by atoms with E-state index < -0.39 is 8.80 Å². The van der Waals surface area contributed by atoms with Gasteiger partial charge in [0.05, 0.1) is 0 Å². The Morgan fingerprint density at radius 1 is 0.828 bits per heavy atom. The van der Waals surface area contributed by atoms with Gasteiger partial charge < -0.3 is 18.2 Å². The van der Waals surface area contributed by atoms with Crippen LogP contribution in [0.2, 0.25) is 6.04 Å². The molecule has 0 spiro atoms. The molecule has 164 valence electrons. The lowest BCUT2D eigenvalue weighted by molar-refractivity contribution is -0.696. The summed E-state index contributed by atoms with van der Waals surface area (Å²) in [4.78, 5) is 2.81. The van der Waals surface area contributed by atoms with Gasteiger partial charge in [-0.1, -0.05) is 38.5 Å². The average Bonchev–Trinajstić information content (AvgIpc) is 2.80. The van der Waals surface area contributed by atoms with E-state index in [-0.39, 0.29) is 0 Å². The number of rotatable bonds is 10. The number of hydrogen-bond donors (Lipinski definition) is 0. The van der Waals surface area contributed by atoms with E-state index in [2.05, 4.69) is 34.0 Å². The van der Waals surface area contributed by atoms with Gasteiger partial charge in [-0.2, -0.15) is 0 Å². The number of aromatic nitrogens is 1. The molecule has 2 aliphatic carbocycles. The second kappa shape index (κ2) is 11.4. The van der Waals surface area contributed by atoms with Crippen LogP contribution in [0.15, 0.2) is 24.5 Å². The van der Waals surface area contributed by atoms with Crippen LogP contribution in [0.1, 0.15) is 70.6 Å². The summed E-state index contributed by atoms with van der Waals surface area (Å²) in [7, 11) is 2.59. The van der Waals surface area contributed by atoms with Crippen LogP contribution < -0.4 is 9.47 Å². The van der Waals surface area contributed by atoms with Crippen LogP contribution in [0.25, 0.3) is 0 Å². The molecule has 0 aromatic carbocycles. The second-order valence-electron chi connectivity index (χ2n) is 8.68. The summed E-state index contributed by atoms with van der Waals surface area (Å²) < 4.78 is 18.9. The van der Waals surface area contributed by atoms with Crippen molar-refractivity contribution in [3.8, 4) is 0 Å². The lowest BCUT2D eigenvalue weighted by atomic mass is 9.88. The van der Waals surface area contributed by atoms with Crippen LogP contribution in [0.5, 0.6) is 0 Å². The van der Waals surface area contributed by atoms with Gasteiger partial charge in [0, 0.05) is 63.7 Å². The Balaban J connectivity index is 1.63. The number of hydrogen-bond acceptors (Lipinski definition) is 4. The fourth-order valence-electron chi connectivity index (χ4n) is 5.24. The van der Waals surface area contributed by atoms with Gasteiger partial charge in [0.1, 0.15) is 6.54 Å². The van der Waals surface area contributed by atoms with Crippen molar-refractivity contribution < 1.29 is 17.8 Å². The smallest absolute Gasteiger partial charge is 0.377 e. The topological polar surface area (TPSA) is 34.8 Å². The van der Waals surface area contributed by atoms with E-state index in [1.54, 1.807) is 21.3 Å². The molecule has 0 unspecified atom stereocenters. The minimum atomic E-state index is -2.47. The van der Waals surface area contributed by atoms with E-state index in [9.17, 15) is 0 Å². The minimum absolute atomic E-state index is 0.736. The number of pyridine rings is 1. The monoisotopic (exact) mass is 421 g/mol. The maximum atomic E-state index is 5.54. The molecule has 2 saturated carbocycles. The highest BCUT2D eigenvalue weighted by Gasteiger charge is 2.37. The van der Waals surface area contributed by atoms with Crippen molar-refractivity contribution in [1.82, 2.24) is 0 Å². The Hall–Kier alpha value is -0.953. The molecule has 0 atom stereocenters. The Kier molecular flexibility index (Phi) is 8.97. The summed E-state index contributed by atoms with van der Waals surface area (Å²) >= 11 is 0. The Morgan fingerprint density at radius 2 is 1.31 bits per heavy atom. The molecule has 0 bridgehead atoms. The molecule has 1 aromatic rings. The first-order valence-electron chi connectivity index (χ1n) is 11.6. The van der Waals surface area contributed by atoms with Gasteiger partial charge in [-0.15, -0.1) is 0 Å². The van der Waals surface area contributed by atoms with Gasteiger partial charge in [-0.25, -0.2) is 4.57 Å². The van der Waals surface area contributed by atoms with Crippen molar-refractivity contribution in [2.45, 2.75) is 95.3 Å². The van der Waals surface area contributed by atoms with Crippen LogP contribution >= 0.6 is 0 Å². The first-order chi connectivity index (χ1) is 14.2. The summed E-state index contributed by atoms with van der Waals surface area (Å²) in [5.41, 5.74) is 1.43. The van der Waals surface area contributed by atoms with Crippen molar-refractivity contribution in [1.29, 1.82) is 0 Å². The molecule has 29 heavy (non-hydrogen) atoms. The van der Waals surface area contributed by atoms with Crippen molar-refractivity contribution in [2.24, 2.45) is 0 Å². The SMILES string of the molecule is CO[Si](CCC[n+]1ccc(N(C2CCCCC2)C2CCCCC2)cc1)(OC)OC. The summed E-state index contributed by atoms with van der Waals surface area (Å²) in [6.07, 6.45) is 19.4. The van der Waals surface area contributed by atoms with Gasteiger partial charge in [-0.05, 0) is 25.7 Å². The van der Waals surface area contributed by atoms with E-state index in [0.29, 0.717) is 0 Å². The van der Waals surface area contributed by atoms with Crippen LogP contribution in [-0.4, -0.2) is 42.2 Å². The predicted octanol–water partition coefficient (Wildman–Crippen LogP) is 4.71. The number of anilines is 1. The van der Waals surface area contributed by atoms with Crippen LogP contribution in [0, 0.1) is 0 Å². The molecule has 0 amide bonds. The van der Waals surface area contributed by atoms with Gasteiger partial charge in [-0.3, -0.25) is 0 Å². The molecule has 1 heterocycles. The normalized spacial score (nSPS) is 19.4. The molecule has 0 radical (unpaired) electrons. The molecule has 0 N–H and O–H groups in total. The first-order valence-corrected chi connectivity index (χ1v) is 13.6. The Morgan fingerprint density at radius 3 is 1.76 bits per heavy atom. The minimum Gasteiger partial charge on any atom is -0.377 e. The molecule has 3 rings (SSSR count). The first kappa shape index (κ1) is 22.7. The van der Waals surface area contributed by atoms with Gasteiger partial charge in [0.25, 0.3) is 0 Å². The zero-order valence-electron chi connectivity index (χ0n) is 18.8. The van der Waals surface area contributed by atoms with Crippen LogP contribution in [-0.2, 0) is 19.8 Å². The molecular formula is C23H41N2O3Si+. The summed E-state index contributed by atoms with van der Waals surface area (Å²) in [6, 6.07) is 6.99. The fourth-order valence-corrected chi connectivity index (χ4v) is 6.95. The second-order valence-corrected chi connectivity index (χ2v) is 11.8. The highest BCUT2D eigenvalue weighted by molar-refractivity contribution is 6.60. The number of nitrogens with zero attached hydrogens (tertiary/aromatic N) is 2. The Labute approximate surface area is 178 Å². The summed E-state index contributed by atoms with van der Waals surface area (Å²) in [6.45, 7) is 0.956. The zero-order chi connectivity index (χ0) is 20.5. The quantitative estimate of drug-likeness (QED) is 0.405. The summed E-state index contributed by atoms with van der Waals surface area (Å²) in [5.74, 6) is 0. The van der Waals surface area contributed by atoms with E-state index in [1.807, 2.05) is 0 Å². The largest absolute Gasteiger partial charge is 0.500 e. The fraction of sp³-hybridized carbons (Fsp3) is 0.783. The average molecular weight is 422 g/mol. The van der Waals surface area contributed by atoms with E-state index in [4.69, 9.17) is 13.3 Å². The highest BCUT2D eigenvalue weighted by atomic mass is 28.4. The maximum Gasteiger partial charge on any atom is 0.500 e. The molecule has 0 aliphatic heterocycles. The highest BCUT2D eigenvalue weighted by Crippen LogP contribution is 2.33. The lowest BCUT2D eigenvalue weighted by Crippen LogP contribution is -2.46. The molecular weight excluding hydrogens is 380 g/mol. The van der Waals surface area contributed by atoms with E-state index >= 15 is 0 Å². The van der Waals surface area contributed by atoms with Crippen LogP contribution in [0.4, 0.5) is 5.69 Å². The van der Waals surface area contributed by atoms with Crippen molar-refractivity contribution in [3.05, 3.63) is 24.5 Å². The van der Waals surface area contributed by atoms with Crippen molar-refractivity contribution in [3.63, 3.8) is 0 Å². The van der Waals surface area contributed by atoms with E-state index in [1.165, 1.54) is 69.9 Å². The Bertz CT molecular complexity index is 556. The van der Waals surface area contributed by atoms with Crippen LogP contribution in [0.3, 0.4) is 0 Å². The maximum absolute atomic E-state index is 5.54. The molecule has 6 heteroatoms. The van der Waals surface area contributed by atoms with Gasteiger partial charge in [0.2, 0.25) is 0 Å². The lowest BCUT2D eigenvalue weighted by Gasteiger charge is -2.43. The molecule has 5 nitrogen and oxygen atoms in total. The molecule has 2 fully saturated rings. The van der Waals surface area contributed by atoms with Gasteiger partial charge >= 0.3 is 8.80 Å².